The maximum atomic E-state index is 3.73. The molecule has 0 aromatic carbocycles. The molecule has 2 aliphatic carbocycles. The van der Waals surface area contributed by atoms with Gasteiger partial charge in [-0.2, -0.15) is 0 Å². The molecule has 0 radical (unpaired) electrons. The minimum absolute atomic E-state index is 0.289. The third-order valence-electron chi connectivity index (χ3n) is 6.27. The van der Waals surface area contributed by atoms with Crippen LogP contribution in [0.1, 0.15) is 59.8 Å². The van der Waals surface area contributed by atoms with Crippen molar-refractivity contribution in [2.24, 2.45) is 17.8 Å². The average Bonchev–Trinajstić information content (AvgIpc) is 2.99. The van der Waals surface area contributed by atoms with Crippen molar-refractivity contribution in [3.05, 3.63) is 0 Å². The standard InChI is InChI=1S/C17H32N2/c1-5-15-10-18-17(3,4)11-19(15)12(2)16-9-13-6-7-14(16)8-13/h12-16,18H,5-11H2,1-4H3. The summed E-state index contributed by atoms with van der Waals surface area (Å²) in [6.07, 6.45) is 7.40. The second-order valence-corrected chi connectivity index (χ2v) is 8.08. The van der Waals surface area contributed by atoms with Crippen molar-refractivity contribution in [3.63, 3.8) is 0 Å². The summed E-state index contributed by atoms with van der Waals surface area (Å²) in [5.41, 5.74) is 0.289. The molecule has 3 fully saturated rings. The van der Waals surface area contributed by atoms with Crippen LogP contribution in [0.3, 0.4) is 0 Å². The fourth-order valence-corrected chi connectivity index (χ4v) is 5.14. The summed E-state index contributed by atoms with van der Waals surface area (Å²) < 4.78 is 0. The Kier molecular flexibility index (Phi) is 3.68. The van der Waals surface area contributed by atoms with Crippen LogP contribution in [0.2, 0.25) is 0 Å². The van der Waals surface area contributed by atoms with Gasteiger partial charge >= 0.3 is 0 Å². The van der Waals surface area contributed by atoms with Crippen LogP contribution in [0.25, 0.3) is 0 Å². The van der Waals surface area contributed by atoms with Crippen molar-refractivity contribution in [2.45, 2.75) is 77.4 Å². The lowest BCUT2D eigenvalue weighted by molar-refractivity contribution is 0.0218. The van der Waals surface area contributed by atoms with Gasteiger partial charge in [-0.15, -0.1) is 0 Å². The lowest BCUT2D eigenvalue weighted by Crippen LogP contribution is -2.64. The average molecular weight is 264 g/mol. The van der Waals surface area contributed by atoms with Gasteiger partial charge in [0.1, 0.15) is 0 Å². The van der Waals surface area contributed by atoms with E-state index in [1.807, 2.05) is 0 Å². The fraction of sp³-hybridized carbons (Fsp3) is 1.00. The van der Waals surface area contributed by atoms with Gasteiger partial charge < -0.3 is 5.32 Å². The molecule has 110 valence electrons. The number of nitrogens with zero attached hydrogens (tertiary/aromatic N) is 1. The van der Waals surface area contributed by atoms with Gasteiger partial charge in [-0.25, -0.2) is 0 Å². The van der Waals surface area contributed by atoms with Crippen LogP contribution in [-0.4, -0.2) is 35.6 Å². The Hall–Kier alpha value is -0.0800. The highest BCUT2D eigenvalue weighted by molar-refractivity contribution is 4.99. The van der Waals surface area contributed by atoms with Crippen LogP contribution in [-0.2, 0) is 0 Å². The molecule has 2 bridgehead atoms. The van der Waals surface area contributed by atoms with Gasteiger partial charge in [-0.1, -0.05) is 13.3 Å². The molecule has 1 heterocycles. The SMILES string of the molecule is CCC1CNC(C)(C)CN1C(C)C1CC2CCC1C2. The van der Waals surface area contributed by atoms with Crippen molar-refractivity contribution < 1.29 is 0 Å². The smallest absolute Gasteiger partial charge is 0.0253 e. The summed E-state index contributed by atoms with van der Waals surface area (Å²) >= 11 is 0. The summed E-state index contributed by atoms with van der Waals surface area (Å²) in [5.74, 6) is 3.12. The van der Waals surface area contributed by atoms with Crippen molar-refractivity contribution in [1.82, 2.24) is 10.2 Å². The first-order chi connectivity index (χ1) is 9.00. The first-order valence-corrected chi connectivity index (χ1v) is 8.51. The van der Waals surface area contributed by atoms with Gasteiger partial charge in [0.25, 0.3) is 0 Å². The number of fused-ring (bicyclic) bond motifs is 2. The number of hydrogen-bond donors (Lipinski definition) is 1. The summed E-state index contributed by atoms with van der Waals surface area (Å²) in [6.45, 7) is 12.0. The third kappa shape index (κ3) is 2.58. The maximum Gasteiger partial charge on any atom is 0.0253 e. The second kappa shape index (κ2) is 5.04. The molecule has 5 unspecified atom stereocenters. The zero-order chi connectivity index (χ0) is 13.6. The Morgan fingerprint density at radius 2 is 2.05 bits per heavy atom. The Morgan fingerprint density at radius 3 is 2.63 bits per heavy atom. The fourth-order valence-electron chi connectivity index (χ4n) is 5.14. The highest BCUT2D eigenvalue weighted by Crippen LogP contribution is 2.50. The molecule has 5 atom stereocenters. The zero-order valence-corrected chi connectivity index (χ0v) is 13.3. The molecular formula is C17H32N2. The van der Waals surface area contributed by atoms with E-state index in [0.29, 0.717) is 0 Å². The summed E-state index contributed by atoms with van der Waals surface area (Å²) in [7, 11) is 0. The largest absolute Gasteiger partial charge is 0.309 e. The van der Waals surface area contributed by atoms with E-state index in [4.69, 9.17) is 0 Å². The molecule has 0 aromatic heterocycles. The number of nitrogens with one attached hydrogen (secondary N) is 1. The molecule has 2 nitrogen and oxygen atoms in total. The van der Waals surface area contributed by atoms with Gasteiger partial charge in [0, 0.05) is 30.7 Å². The molecule has 0 aromatic rings. The van der Waals surface area contributed by atoms with E-state index in [0.717, 1.165) is 29.8 Å². The van der Waals surface area contributed by atoms with Crippen LogP contribution in [0.5, 0.6) is 0 Å². The number of piperazine rings is 1. The lowest BCUT2D eigenvalue weighted by atomic mass is 9.81. The van der Waals surface area contributed by atoms with Crippen molar-refractivity contribution in [3.8, 4) is 0 Å². The van der Waals surface area contributed by atoms with Crippen LogP contribution in [0.15, 0.2) is 0 Å². The van der Waals surface area contributed by atoms with Crippen molar-refractivity contribution >= 4 is 0 Å². The van der Waals surface area contributed by atoms with Crippen molar-refractivity contribution in [1.29, 1.82) is 0 Å². The molecule has 2 saturated carbocycles. The van der Waals surface area contributed by atoms with E-state index in [9.17, 15) is 0 Å². The lowest BCUT2D eigenvalue weighted by Gasteiger charge is -2.49. The van der Waals surface area contributed by atoms with E-state index in [-0.39, 0.29) is 5.54 Å². The van der Waals surface area contributed by atoms with Gasteiger partial charge in [0.05, 0.1) is 0 Å². The molecule has 0 spiro atoms. The normalized spacial score (nSPS) is 43.6. The quantitative estimate of drug-likeness (QED) is 0.841. The van der Waals surface area contributed by atoms with Crippen molar-refractivity contribution in [2.75, 3.05) is 13.1 Å². The van der Waals surface area contributed by atoms with Crippen LogP contribution in [0.4, 0.5) is 0 Å². The second-order valence-electron chi connectivity index (χ2n) is 8.08. The minimum atomic E-state index is 0.289. The maximum absolute atomic E-state index is 3.73. The third-order valence-corrected chi connectivity index (χ3v) is 6.27. The summed E-state index contributed by atoms with van der Waals surface area (Å²) in [6, 6.07) is 1.55. The van der Waals surface area contributed by atoms with Crippen LogP contribution in [0, 0.1) is 17.8 Å². The minimum Gasteiger partial charge on any atom is -0.309 e. The van der Waals surface area contributed by atoms with Gasteiger partial charge in [0.15, 0.2) is 0 Å². The van der Waals surface area contributed by atoms with Gasteiger partial charge in [-0.05, 0) is 64.2 Å². The van der Waals surface area contributed by atoms with E-state index in [2.05, 4.69) is 37.9 Å². The Bertz CT molecular complexity index is 325. The molecular weight excluding hydrogens is 232 g/mol. The van der Waals surface area contributed by atoms with Gasteiger partial charge in [0.2, 0.25) is 0 Å². The van der Waals surface area contributed by atoms with E-state index >= 15 is 0 Å². The molecule has 3 rings (SSSR count). The van der Waals surface area contributed by atoms with Gasteiger partial charge in [-0.3, -0.25) is 4.90 Å². The monoisotopic (exact) mass is 264 g/mol. The summed E-state index contributed by atoms with van der Waals surface area (Å²) in [4.78, 5) is 2.85. The predicted octanol–water partition coefficient (Wildman–Crippen LogP) is 3.27. The molecule has 0 amide bonds. The first kappa shape index (κ1) is 13.9. The predicted molar refractivity (Wildman–Crippen MR) is 81.3 cm³/mol. The van der Waals surface area contributed by atoms with E-state index < -0.39 is 0 Å². The topological polar surface area (TPSA) is 15.3 Å². The molecule has 2 heteroatoms. The molecule has 1 N–H and O–H groups in total. The molecule has 19 heavy (non-hydrogen) atoms. The Labute approximate surface area is 119 Å². The van der Waals surface area contributed by atoms with E-state index in [1.54, 1.807) is 6.42 Å². The molecule has 1 aliphatic heterocycles. The van der Waals surface area contributed by atoms with E-state index in [1.165, 1.54) is 38.8 Å². The molecule has 3 aliphatic rings. The molecule has 1 saturated heterocycles. The first-order valence-electron chi connectivity index (χ1n) is 8.51. The number of rotatable bonds is 3. The Morgan fingerprint density at radius 1 is 1.26 bits per heavy atom. The highest BCUT2D eigenvalue weighted by atomic mass is 15.3. The zero-order valence-electron chi connectivity index (χ0n) is 13.3. The van der Waals surface area contributed by atoms with Crippen LogP contribution >= 0.6 is 0 Å². The summed E-state index contributed by atoms with van der Waals surface area (Å²) in [5, 5.41) is 3.73. The Balaban J connectivity index is 1.71. The van der Waals surface area contributed by atoms with Crippen LogP contribution < -0.4 is 5.32 Å². The number of hydrogen-bond acceptors (Lipinski definition) is 2. The highest BCUT2D eigenvalue weighted by Gasteiger charge is 2.45.